The molecule has 2 aromatic heterocycles. The fourth-order valence-corrected chi connectivity index (χ4v) is 3.70. The summed E-state index contributed by atoms with van der Waals surface area (Å²) in [5, 5.41) is 7.26. The number of hydrogen-bond donors (Lipinski definition) is 1. The van der Waals surface area contributed by atoms with Crippen molar-refractivity contribution < 1.29 is 9.18 Å². The van der Waals surface area contributed by atoms with E-state index in [9.17, 15) is 9.18 Å². The zero-order valence-corrected chi connectivity index (χ0v) is 17.5. The molecule has 1 aliphatic rings. The van der Waals surface area contributed by atoms with Crippen molar-refractivity contribution in [3.63, 3.8) is 0 Å². The first-order valence-corrected chi connectivity index (χ1v) is 10.4. The molecule has 0 radical (unpaired) electrons. The van der Waals surface area contributed by atoms with Crippen LogP contribution in [0.4, 0.5) is 10.3 Å². The molecule has 0 spiro atoms. The van der Waals surface area contributed by atoms with Crippen molar-refractivity contribution in [1.29, 1.82) is 0 Å². The Morgan fingerprint density at radius 1 is 1.10 bits per heavy atom. The third-order valence-electron chi connectivity index (χ3n) is 5.47. The predicted molar refractivity (Wildman–Crippen MR) is 116 cm³/mol. The van der Waals surface area contributed by atoms with E-state index >= 15 is 0 Å². The number of nitrogens with zero attached hydrogens (tertiary/aromatic N) is 6. The smallest absolute Gasteiger partial charge is 0.254 e. The number of rotatable bonds is 7. The van der Waals surface area contributed by atoms with Crippen LogP contribution in [-0.2, 0) is 0 Å². The maximum atomic E-state index is 13.1. The van der Waals surface area contributed by atoms with Crippen LogP contribution in [0.2, 0.25) is 0 Å². The lowest BCUT2D eigenvalue weighted by Crippen LogP contribution is -2.47. The Hall–Kier alpha value is -3.33. The van der Waals surface area contributed by atoms with E-state index in [2.05, 4.69) is 30.2 Å². The van der Waals surface area contributed by atoms with Crippen molar-refractivity contribution >= 4 is 11.9 Å². The lowest BCUT2D eigenvalue weighted by molar-refractivity contribution is 0.0951. The monoisotopic (exact) mass is 423 g/mol. The van der Waals surface area contributed by atoms with Gasteiger partial charge in [-0.3, -0.25) is 9.69 Å². The normalized spacial score (nSPS) is 14.6. The van der Waals surface area contributed by atoms with Gasteiger partial charge < -0.3 is 10.2 Å². The number of aromatic nitrogens is 4. The van der Waals surface area contributed by atoms with Gasteiger partial charge in [-0.1, -0.05) is 0 Å². The highest BCUT2D eigenvalue weighted by atomic mass is 19.1. The van der Waals surface area contributed by atoms with Gasteiger partial charge in [0.25, 0.3) is 5.91 Å². The average Bonchev–Trinajstić information content (AvgIpc) is 3.19. The summed E-state index contributed by atoms with van der Waals surface area (Å²) in [4.78, 5) is 25.8. The first-order valence-electron chi connectivity index (χ1n) is 10.4. The second-order valence-corrected chi connectivity index (χ2v) is 7.52. The molecule has 0 bridgehead atoms. The van der Waals surface area contributed by atoms with E-state index in [-0.39, 0.29) is 11.7 Å². The molecule has 0 aliphatic carbocycles. The van der Waals surface area contributed by atoms with Gasteiger partial charge >= 0.3 is 0 Å². The molecular weight excluding hydrogens is 397 g/mol. The van der Waals surface area contributed by atoms with Crippen LogP contribution in [-0.4, -0.2) is 69.8 Å². The fourth-order valence-electron chi connectivity index (χ4n) is 3.70. The highest BCUT2D eigenvalue weighted by Gasteiger charge is 2.19. The van der Waals surface area contributed by atoms with E-state index in [1.165, 1.54) is 12.1 Å². The molecule has 8 nitrogen and oxygen atoms in total. The highest BCUT2D eigenvalue weighted by Crippen LogP contribution is 2.15. The van der Waals surface area contributed by atoms with Gasteiger partial charge in [0.15, 0.2) is 0 Å². The average molecular weight is 423 g/mol. The lowest BCUT2D eigenvalue weighted by atomic mass is 10.2. The van der Waals surface area contributed by atoms with Crippen molar-refractivity contribution in [3.05, 3.63) is 66.0 Å². The molecule has 0 atom stereocenters. The largest absolute Gasteiger partial charge is 0.352 e. The van der Waals surface area contributed by atoms with Crippen LogP contribution < -0.4 is 10.2 Å². The van der Waals surface area contributed by atoms with E-state index in [1.54, 1.807) is 35.4 Å². The molecule has 1 saturated heterocycles. The second kappa shape index (κ2) is 9.65. The van der Waals surface area contributed by atoms with Crippen LogP contribution in [0.25, 0.3) is 5.69 Å². The standard InChI is InChI=1S/C22H26FN7O/c1-17-20(16-27-30(17)19-6-4-18(23)5-7-19)21(31)24-10-3-11-28-12-14-29(15-13-28)22-25-8-2-9-26-22/h2,4-9,16H,3,10-15H2,1H3,(H,24,31). The van der Waals surface area contributed by atoms with Crippen LogP contribution in [0.1, 0.15) is 22.5 Å². The molecule has 3 heterocycles. The van der Waals surface area contributed by atoms with Crippen LogP contribution >= 0.6 is 0 Å². The van der Waals surface area contributed by atoms with Crippen LogP contribution in [0, 0.1) is 12.7 Å². The number of benzene rings is 1. The quantitative estimate of drug-likeness (QED) is 0.586. The van der Waals surface area contributed by atoms with Crippen LogP contribution in [0.15, 0.2) is 48.9 Å². The minimum Gasteiger partial charge on any atom is -0.352 e. The molecule has 1 amide bonds. The second-order valence-electron chi connectivity index (χ2n) is 7.52. The Labute approximate surface area is 180 Å². The van der Waals surface area contributed by atoms with E-state index in [1.807, 2.05) is 13.0 Å². The van der Waals surface area contributed by atoms with Crippen molar-refractivity contribution in [2.75, 3.05) is 44.2 Å². The highest BCUT2D eigenvalue weighted by molar-refractivity contribution is 5.95. The van der Waals surface area contributed by atoms with E-state index < -0.39 is 0 Å². The number of carbonyl (C=O) groups excluding carboxylic acids is 1. The van der Waals surface area contributed by atoms with Crippen molar-refractivity contribution in [3.8, 4) is 5.69 Å². The Kier molecular flexibility index (Phi) is 6.51. The summed E-state index contributed by atoms with van der Waals surface area (Å²) in [6.07, 6.45) is 5.96. The Balaban J connectivity index is 1.21. The molecule has 0 saturated carbocycles. The number of anilines is 1. The molecule has 1 aromatic carbocycles. The zero-order chi connectivity index (χ0) is 21.6. The van der Waals surface area contributed by atoms with Gasteiger partial charge in [-0.2, -0.15) is 5.10 Å². The summed E-state index contributed by atoms with van der Waals surface area (Å²) >= 11 is 0. The van der Waals surface area contributed by atoms with Crippen LogP contribution in [0.5, 0.6) is 0 Å². The van der Waals surface area contributed by atoms with E-state index in [0.717, 1.165) is 56.5 Å². The third kappa shape index (κ3) is 5.05. The molecule has 3 aromatic rings. The molecule has 1 aliphatic heterocycles. The maximum Gasteiger partial charge on any atom is 0.254 e. The van der Waals surface area contributed by atoms with Gasteiger partial charge in [0.2, 0.25) is 5.95 Å². The summed E-state index contributed by atoms with van der Waals surface area (Å²) < 4.78 is 14.8. The number of carbonyl (C=O) groups is 1. The van der Waals surface area contributed by atoms with Crippen LogP contribution in [0.3, 0.4) is 0 Å². The summed E-state index contributed by atoms with van der Waals surface area (Å²) in [6, 6.07) is 7.86. The molecule has 1 fully saturated rings. The summed E-state index contributed by atoms with van der Waals surface area (Å²) in [5.41, 5.74) is 1.97. The minimum atomic E-state index is -0.304. The number of hydrogen-bond acceptors (Lipinski definition) is 6. The van der Waals surface area contributed by atoms with Gasteiger partial charge in [-0.25, -0.2) is 19.0 Å². The van der Waals surface area contributed by atoms with Gasteiger partial charge in [-0.05, 0) is 50.2 Å². The molecule has 162 valence electrons. The van der Waals surface area contributed by atoms with Crippen molar-refractivity contribution in [1.82, 2.24) is 30.0 Å². The number of amides is 1. The van der Waals surface area contributed by atoms with Crippen molar-refractivity contribution in [2.45, 2.75) is 13.3 Å². The van der Waals surface area contributed by atoms with Crippen molar-refractivity contribution in [2.24, 2.45) is 0 Å². The fraction of sp³-hybridized carbons (Fsp3) is 0.364. The molecule has 9 heteroatoms. The minimum absolute atomic E-state index is 0.142. The zero-order valence-electron chi connectivity index (χ0n) is 17.5. The maximum absolute atomic E-state index is 13.1. The number of nitrogens with one attached hydrogen (secondary N) is 1. The lowest BCUT2D eigenvalue weighted by Gasteiger charge is -2.34. The van der Waals surface area contributed by atoms with Gasteiger partial charge in [-0.15, -0.1) is 0 Å². The first-order chi connectivity index (χ1) is 15.1. The van der Waals surface area contributed by atoms with Gasteiger partial charge in [0, 0.05) is 45.1 Å². The molecular formula is C22H26FN7O. The Bertz CT molecular complexity index is 998. The summed E-state index contributed by atoms with van der Waals surface area (Å²) in [7, 11) is 0. The summed E-state index contributed by atoms with van der Waals surface area (Å²) in [5.74, 6) is 0.337. The van der Waals surface area contributed by atoms with E-state index in [4.69, 9.17) is 0 Å². The van der Waals surface area contributed by atoms with Gasteiger partial charge in [0.05, 0.1) is 23.1 Å². The molecule has 1 N–H and O–H groups in total. The number of halogens is 1. The third-order valence-corrected chi connectivity index (χ3v) is 5.47. The SMILES string of the molecule is Cc1c(C(=O)NCCCN2CCN(c3ncccn3)CC2)cnn1-c1ccc(F)cc1. The Morgan fingerprint density at radius 3 is 2.52 bits per heavy atom. The van der Waals surface area contributed by atoms with Gasteiger partial charge in [0.1, 0.15) is 5.82 Å². The summed E-state index contributed by atoms with van der Waals surface area (Å²) in [6.45, 7) is 7.07. The topological polar surface area (TPSA) is 79.2 Å². The first kappa shape index (κ1) is 20.9. The van der Waals surface area contributed by atoms with E-state index in [0.29, 0.717) is 12.1 Å². The number of piperazine rings is 1. The Morgan fingerprint density at radius 2 is 1.81 bits per heavy atom. The molecule has 0 unspecified atom stereocenters. The predicted octanol–water partition coefficient (Wildman–Crippen LogP) is 2.05. The molecule has 31 heavy (non-hydrogen) atoms. The molecule has 4 rings (SSSR count).